The third-order valence-corrected chi connectivity index (χ3v) is 4.88. The molecule has 12 heavy (non-hydrogen) atoms. The second-order valence-corrected chi connectivity index (χ2v) is 5.04. The molecule has 3 rings (SSSR count). The lowest BCUT2D eigenvalue weighted by Gasteiger charge is -2.35. The van der Waals surface area contributed by atoms with Crippen LogP contribution in [0.15, 0.2) is 0 Å². The minimum Gasteiger partial charge on any atom is -0.327 e. The van der Waals surface area contributed by atoms with Gasteiger partial charge in [0.05, 0.1) is 0 Å². The predicted octanol–water partition coefficient (Wildman–Crippen LogP) is 0.867. The van der Waals surface area contributed by atoms with Crippen molar-refractivity contribution in [2.75, 3.05) is 13.1 Å². The molecule has 0 aromatic rings. The Kier molecular flexibility index (Phi) is 1.25. The maximum atomic E-state index is 6.25. The lowest BCUT2D eigenvalue weighted by atomic mass is 9.69. The molecule has 2 heteroatoms. The van der Waals surface area contributed by atoms with Gasteiger partial charge in [-0.15, -0.1) is 0 Å². The van der Waals surface area contributed by atoms with E-state index in [1.54, 1.807) is 0 Å². The Bertz CT molecular complexity index is 202. The summed E-state index contributed by atoms with van der Waals surface area (Å²) in [4.78, 5) is 0. The predicted molar refractivity (Wildman–Crippen MR) is 48.8 cm³/mol. The van der Waals surface area contributed by atoms with Crippen molar-refractivity contribution in [3.63, 3.8) is 0 Å². The van der Waals surface area contributed by atoms with E-state index >= 15 is 0 Å². The molecule has 0 spiro atoms. The number of rotatable bonds is 0. The highest BCUT2D eigenvalue weighted by Crippen LogP contribution is 2.63. The first kappa shape index (κ1) is 7.34. The lowest BCUT2D eigenvalue weighted by Crippen LogP contribution is -2.43. The highest BCUT2D eigenvalue weighted by Gasteiger charge is 2.63. The summed E-state index contributed by atoms with van der Waals surface area (Å²) < 4.78 is 0. The molecule has 3 aliphatic rings. The smallest absolute Gasteiger partial charge is 0.0114 e. The van der Waals surface area contributed by atoms with Crippen LogP contribution in [-0.2, 0) is 0 Å². The monoisotopic (exact) mass is 166 g/mol. The molecule has 0 amide bonds. The first-order valence-electron chi connectivity index (χ1n) is 5.26. The summed E-state index contributed by atoms with van der Waals surface area (Å²) in [7, 11) is 0. The van der Waals surface area contributed by atoms with Crippen LogP contribution in [0.5, 0.6) is 0 Å². The zero-order valence-electron chi connectivity index (χ0n) is 7.60. The van der Waals surface area contributed by atoms with Gasteiger partial charge < -0.3 is 11.1 Å². The molecule has 3 atom stereocenters. The molecule has 3 N–H and O–H groups in total. The molecule has 1 saturated heterocycles. The maximum absolute atomic E-state index is 6.25. The Morgan fingerprint density at radius 2 is 2.08 bits per heavy atom. The third kappa shape index (κ3) is 0.579. The molecular formula is C10H18N2. The summed E-state index contributed by atoms with van der Waals surface area (Å²) in [5.74, 6) is 0. The number of nitrogens with two attached hydrogens (primary N) is 1. The SMILES string of the molecule is NC1CCC23CCCC12CNC3. The molecule has 0 bridgehead atoms. The van der Waals surface area contributed by atoms with Gasteiger partial charge in [0.15, 0.2) is 0 Å². The summed E-state index contributed by atoms with van der Waals surface area (Å²) in [5.41, 5.74) is 7.40. The second-order valence-electron chi connectivity index (χ2n) is 5.04. The van der Waals surface area contributed by atoms with E-state index in [4.69, 9.17) is 5.73 Å². The fourth-order valence-electron chi connectivity index (χ4n) is 4.20. The van der Waals surface area contributed by atoms with Gasteiger partial charge in [-0.3, -0.25) is 0 Å². The van der Waals surface area contributed by atoms with E-state index in [1.165, 1.54) is 45.2 Å². The molecule has 0 radical (unpaired) electrons. The Hall–Kier alpha value is -0.0800. The van der Waals surface area contributed by atoms with Gasteiger partial charge in [0.2, 0.25) is 0 Å². The van der Waals surface area contributed by atoms with Gasteiger partial charge in [0.25, 0.3) is 0 Å². The van der Waals surface area contributed by atoms with E-state index in [9.17, 15) is 0 Å². The van der Waals surface area contributed by atoms with E-state index < -0.39 is 0 Å². The van der Waals surface area contributed by atoms with Crippen molar-refractivity contribution >= 4 is 0 Å². The van der Waals surface area contributed by atoms with Crippen LogP contribution in [0.25, 0.3) is 0 Å². The van der Waals surface area contributed by atoms with Crippen LogP contribution in [0.1, 0.15) is 32.1 Å². The van der Waals surface area contributed by atoms with Crippen molar-refractivity contribution in [3.05, 3.63) is 0 Å². The minimum absolute atomic E-state index is 0.495. The highest BCUT2D eigenvalue weighted by atomic mass is 15.0. The summed E-state index contributed by atoms with van der Waals surface area (Å²) in [6.07, 6.45) is 6.92. The van der Waals surface area contributed by atoms with Gasteiger partial charge in [0.1, 0.15) is 0 Å². The summed E-state index contributed by atoms with van der Waals surface area (Å²) in [6, 6.07) is 0.495. The Labute approximate surface area is 73.9 Å². The van der Waals surface area contributed by atoms with Crippen LogP contribution in [0.2, 0.25) is 0 Å². The summed E-state index contributed by atoms with van der Waals surface area (Å²) in [6.45, 7) is 2.45. The van der Waals surface area contributed by atoms with Crippen LogP contribution >= 0.6 is 0 Å². The quantitative estimate of drug-likeness (QED) is 0.560. The molecular weight excluding hydrogens is 148 g/mol. The van der Waals surface area contributed by atoms with Crippen LogP contribution in [0.3, 0.4) is 0 Å². The average Bonchev–Trinajstić information content (AvgIpc) is 2.58. The van der Waals surface area contributed by atoms with Crippen LogP contribution in [0, 0.1) is 10.8 Å². The molecule has 3 unspecified atom stereocenters. The van der Waals surface area contributed by atoms with Gasteiger partial charge in [-0.05, 0) is 31.1 Å². The van der Waals surface area contributed by atoms with Crippen LogP contribution < -0.4 is 11.1 Å². The second kappa shape index (κ2) is 2.05. The molecule has 3 fully saturated rings. The van der Waals surface area contributed by atoms with Crippen LogP contribution in [-0.4, -0.2) is 19.1 Å². The zero-order valence-corrected chi connectivity index (χ0v) is 7.60. The van der Waals surface area contributed by atoms with Gasteiger partial charge in [-0.25, -0.2) is 0 Å². The van der Waals surface area contributed by atoms with Gasteiger partial charge in [-0.2, -0.15) is 0 Å². The zero-order chi connectivity index (χ0) is 8.23. The molecule has 68 valence electrons. The summed E-state index contributed by atoms with van der Waals surface area (Å²) in [5, 5.41) is 3.56. The standard InChI is InChI=1S/C10H18N2/c11-8-2-5-9-3-1-4-10(8,9)7-12-6-9/h8,12H,1-7,11H2. The van der Waals surface area contributed by atoms with E-state index in [1.807, 2.05) is 0 Å². The van der Waals surface area contributed by atoms with Crippen molar-refractivity contribution < 1.29 is 0 Å². The Morgan fingerprint density at radius 3 is 2.92 bits per heavy atom. The fourth-order valence-corrected chi connectivity index (χ4v) is 4.20. The van der Waals surface area contributed by atoms with E-state index in [0.29, 0.717) is 16.9 Å². The average molecular weight is 166 g/mol. The highest BCUT2D eigenvalue weighted by molar-refractivity contribution is 5.17. The number of hydrogen-bond acceptors (Lipinski definition) is 2. The lowest BCUT2D eigenvalue weighted by molar-refractivity contribution is 0.165. The fraction of sp³-hybridized carbons (Fsp3) is 1.00. The van der Waals surface area contributed by atoms with Crippen molar-refractivity contribution in [2.45, 2.75) is 38.1 Å². The van der Waals surface area contributed by atoms with E-state index in [0.717, 1.165) is 0 Å². The molecule has 2 aliphatic carbocycles. The van der Waals surface area contributed by atoms with Crippen molar-refractivity contribution in [1.29, 1.82) is 0 Å². The molecule has 1 aliphatic heterocycles. The molecule has 0 aromatic heterocycles. The van der Waals surface area contributed by atoms with Crippen LogP contribution in [0.4, 0.5) is 0 Å². The van der Waals surface area contributed by atoms with E-state index in [2.05, 4.69) is 5.32 Å². The van der Waals surface area contributed by atoms with Gasteiger partial charge >= 0.3 is 0 Å². The molecule has 0 aromatic carbocycles. The van der Waals surface area contributed by atoms with Crippen molar-refractivity contribution in [1.82, 2.24) is 5.32 Å². The Balaban J connectivity index is 2.07. The molecule has 2 nitrogen and oxygen atoms in total. The normalized spacial score (nSPS) is 57.2. The molecule has 2 saturated carbocycles. The first-order valence-corrected chi connectivity index (χ1v) is 5.26. The Morgan fingerprint density at radius 1 is 1.17 bits per heavy atom. The van der Waals surface area contributed by atoms with Gasteiger partial charge in [-0.1, -0.05) is 6.42 Å². The van der Waals surface area contributed by atoms with Gasteiger partial charge in [0, 0.05) is 24.5 Å². The minimum atomic E-state index is 0.495. The number of nitrogens with one attached hydrogen (secondary N) is 1. The first-order chi connectivity index (χ1) is 5.79. The molecule has 1 heterocycles. The van der Waals surface area contributed by atoms with E-state index in [-0.39, 0.29) is 0 Å². The van der Waals surface area contributed by atoms with Crippen molar-refractivity contribution in [3.8, 4) is 0 Å². The van der Waals surface area contributed by atoms with Crippen molar-refractivity contribution in [2.24, 2.45) is 16.6 Å². The largest absolute Gasteiger partial charge is 0.327 e. The summed E-state index contributed by atoms with van der Waals surface area (Å²) >= 11 is 0. The maximum Gasteiger partial charge on any atom is 0.0114 e. The number of hydrogen-bond donors (Lipinski definition) is 2. The third-order valence-electron chi connectivity index (χ3n) is 4.88. The topological polar surface area (TPSA) is 38.0 Å².